The standard InChI is InChI=1S/C26H24N2O2/c1-20-19-28(26(30)22-14-6-3-7-15-22)24-17-9-8-16-23(24)27(25(20)29)18-10-13-21-11-4-2-5-12-21/h2-17,20H,18-19H2,1H3/b13-10+. The van der Waals surface area contributed by atoms with Crippen molar-refractivity contribution < 1.29 is 9.59 Å². The molecule has 4 nitrogen and oxygen atoms in total. The number of rotatable bonds is 4. The molecule has 4 heteroatoms. The zero-order valence-corrected chi connectivity index (χ0v) is 16.9. The number of nitrogens with zero attached hydrogens (tertiary/aromatic N) is 2. The molecule has 0 aliphatic carbocycles. The fourth-order valence-corrected chi connectivity index (χ4v) is 3.73. The summed E-state index contributed by atoms with van der Waals surface area (Å²) >= 11 is 0. The second-order valence-corrected chi connectivity index (χ2v) is 7.43. The van der Waals surface area contributed by atoms with Gasteiger partial charge in [-0.3, -0.25) is 9.59 Å². The van der Waals surface area contributed by atoms with Crippen molar-refractivity contribution in [3.05, 3.63) is 102 Å². The summed E-state index contributed by atoms with van der Waals surface area (Å²) in [4.78, 5) is 30.0. The Hall–Kier alpha value is -3.66. The minimum absolute atomic E-state index is 0.0172. The van der Waals surface area contributed by atoms with Crippen LogP contribution in [0.15, 0.2) is 91.0 Å². The second kappa shape index (κ2) is 8.78. The predicted molar refractivity (Wildman–Crippen MR) is 122 cm³/mol. The summed E-state index contributed by atoms with van der Waals surface area (Å²) in [5.74, 6) is -0.386. The quantitative estimate of drug-likeness (QED) is 0.621. The molecule has 30 heavy (non-hydrogen) atoms. The number of amides is 2. The molecule has 0 N–H and O–H groups in total. The van der Waals surface area contributed by atoms with Crippen LogP contribution in [0.2, 0.25) is 0 Å². The van der Waals surface area contributed by atoms with Crippen LogP contribution in [0.1, 0.15) is 22.8 Å². The lowest BCUT2D eigenvalue weighted by Crippen LogP contribution is -2.38. The summed E-state index contributed by atoms with van der Waals surface area (Å²) in [5.41, 5.74) is 3.22. The van der Waals surface area contributed by atoms with E-state index in [0.29, 0.717) is 18.7 Å². The van der Waals surface area contributed by atoms with Gasteiger partial charge < -0.3 is 9.80 Å². The van der Waals surface area contributed by atoms with Gasteiger partial charge in [-0.2, -0.15) is 0 Å². The van der Waals surface area contributed by atoms with Crippen LogP contribution in [0.3, 0.4) is 0 Å². The molecule has 1 unspecified atom stereocenters. The van der Waals surface area contributed by atoms with Crippen LogP contribution in [0.5, 0.6) is 0 Å². The van der Waals surface area contributed by atoms with Gasteiger partial charge in [-0.1, -0.05) is 79.7 Å². The molecule has 4 rings (SSSR count). The van der Waals surface area contributed by atoms with Crippen LogP contribution in [-0.4, -0.2) is 24.9 Å². The van der Waals surface area contributed by atoms with Crippen LogP contribution in [0.4, 0.5) is 11.4 Å². The molecule has 3 aromatic rings. The summed E-state index contributed by atoms with van der Waals surface area (Å²) in [5, 5.41) is 0. The largest absolute Gasteiger partial charge is 0.306 e. The van der Waals surface area contributed by atoms with Crippen molar-refractivity contribution in [2.75, 3.05) is 22.9 Å². The lowest BCUT2D eigenvalue weighted by Gasteiger charge is -2.25. The SMILES string of the molecule is CC1CN(C(=O)c2ccccc2)c2ccccc2N(C/C=C/c2ccccc2)C1=O. The van der Waals surface area contributed by atoms with Gasteiger partial charge in [0, 0.05) is 18.7 Å². The van der Waals surface area contributed by atoms with Crippen molar-refractivity contribution in [2.45, 2.75) is 6.92 Å². The molecule has 150 valence electrons. The average Bonchev–Trinajstić information content (AvgIpc) is 2.90. The Balaban J connectivity index is 1.68. The van der Waals surface area contributed by atoms with E-state index in [0.717, 1.165) is 16.9 Å². The Bertz CT molecular complexity index is 1060. The third kappa shape index (κ3) is 4.03. The number of carbonyl (C=O) groups is 2. The zero-order chi connectivity index (χ0) is 20.9. The van der Waals surface area contributed by atoms with E-state index < -0.39 is 0 Å². The van der Waals surface area contributed by atoms with E-state index in [4.69, 9.17) is 0 Å². The number of hydrogen-bond acceptors (Lipinski definition) is 2. The molecule has 0 fully saturated rings. The van der Waals surface area contributed by atoms with Crippen molar-refractivity contribution in [3.8, 4) is 0 Å². The lowest BCUT2D eigenvalue weighted by atomic mass is 10.1. The van der Waals surface area contributed by atoms with Gasteiger partial charge in [0.15, 0.2) is 0 Å². The van der Waals surface area contributed by atoms with E-state index in [1.807, 2.05) is 104 Å². The molecule has 1 aliphatic heterocycles. The van der Waals surface area contributed by atoms with E-state index >= 15 is 0 Å². The van der Waals surface area contributed by atoms with Crippen molar-refractivity contribution >= 4 is 29.3 Å². The maximum absolute atomic E-state index is 13.3. The van der Waals surface area contributed by atoms with E-state index in [1.165, 1.54) is 0 Å². The Morgan fingerprint density at radius 1 is 0.900 bits per heavy atom. The number of para-hydroxylation sites is 2. The highest BCUT2D eigenvalue weighted by Crippen LogP contribution is 2.35. The fraction of sp³-hybridized carbons (Fsp3) is 0.154. The number of anilines is 2. The summed E-state index contributed by atoms with van der Waals surface area (Å²) in [6.07, 6.45) is 4.00. The maximum atomic E-state index is 13.3. The van der Waals surface area contributed by atoms with Crippen LogP contribution in [0.25, 0.3) is 6.08 Å². The first-order chi connectivity index (χ1) is 14.6. The summed E-state index contributed by atoms with van der Waals surface area (Å²) in [6.45, 7) is 2.68. The van der Waals surface area contributed by atoms with Gasteiger partial charge in [-0.05, 0) is 29.8 Å². The van der Waals surface area contributed by atoms with E-state index in [9.17, 15) is 9.59 Å². The Morgan fingerprint density at radius 2 is 1.50 bits per heavy atom. The van der Waals surface area contributed by atoms with Gasteiger partial charge in [-0.25, -0.2) is 0 Å². The monoisotopic (exact) mass is 396 g/mol. The van der Waals surface area contributed by atoms with Crippen molar-refractivity contribution in [3.63, 3.8) is 0 Å². The topological polar surface area (TPSA) is 40.6 Å². The molecule has 2 amide bonds. The maximum Gasteiger partial charge on any atom is 0.258 e. The average molecular weight is 396 g/mol. The first-order valence-corrected chi connectivity index (χ1v) is 10.1. The third-order valence-corrected chi connectivity index (χ3v) is 5.27. The number of carbonyl (C=O) groups excluding carboxylic acids is 2. The highest BCUT2D eigenvalue weighted by molar-refractivity contribution is 6.11. The van der Waals surface area contributed by atoms with Gasteiger partial charge in [0.1, 0.15) is 0 Å². The smallest absolute Gasteiger partial charge is 0.258 e. The van der Waals surface area contributed by atoms with E-state index in [1.54, 1.807) is 9.80 Å². The molecule has 0 spiro atoms. The zero-order valence-electron chi connectivity index (χ0n) is 16.9. The summed E-state index contributed by atoms with van der Waals surface area (Å²) in [7, 11) is 0. The third-order valence-electron chi connectivity index (χ3n) is 5.27. The minimum Gasteiger partial charge on any atom is -0.306 e. The van der Waals surface area contributed by atoms with Crippen molar-refractivity contribution in [1.82, 2.24) is 0 Å². The highest BCUT2D eigenvalue weighted by atomic mass is 16.2. The molecule has 1 atom stereocenters. The predicted octanol–water partition coefficient (Wildman–Crippen LogP) is 5.03. The highest BCUT2D eigenvalue weighted by Gasteiger charge is 2.33. The molecular formula is C26H24N2O2. The Labute approximate surface area is 177 Å². The number of benzene rings is 3. The van der Waals surface area contributed by atoms with Crippen LogP contribution >= 0.6 is 0 Å². The van der Waals surface area contributed by atoms with Crippen LogP contribution in [0, 0.1) is 5.92 Å². The fourth-order valence-electron chi connectivity index (χ4n) is 3.73. The molecule has 3 aromatic carbocycles. The molecule has 0 bridgehead atoms. The normalized spacial score (nSPS) is 16.4. The van der Waals surface area contributed by atoms with Crippen LogP contribution < -0.4 is 9.80 Å². The van der Waals surface area contributed by atoms with Crippen molar-refractivity contribution in [1.29, 1.82) is 0 Å². The van der Waals surface area contributed by atoms with Gasteiger partial charge in [0.2, 0.25) is 5.91 Å². The van der Waals surface area contributed by atoms with Gasteiger partial charge in [0.05, 0.1) is 17.3 Å². The summed E-state index contributed by atoms with van der Waals surface area (Å²) < 4.78 is 0. The molecule has 0 saturated heterocycles. The van der Waals surface area contributed by atoms with Gasteiger partial charge in [-0.15, -0.1) is 0 Å². The molecule has 0 saturated carbocycles. The lowest BCUT2D eigenvalue weighted by molar-refractivity contribution is -0.121. The molecule has 0 aromatic heterocycles. The van der Waals surface area contributed by atoms with Gasteiger partial charge >= 0.3 is 0 Å². The Kier molecular flexibility index (Phi) is 5.75. The van der Waals surface area contributed by atoms with Gasteiger partial charge in [0.25, 0.3) is 5.91 Å². The first kappa shape index (κ1) is 19.6. The number of hydrogen-bond donors (Lipinski definition) is 0. The molecular weight excluding hydrogens is 372 g/mol. The minimum atomic E-state index is -0.310. The Morgan fingerprint density at radius 3 is 2.20 bits per heavy atom. The molecule has 1 heterocycles. The second-order valence-electron chi connectivity index (χ2n) is 7.43. The molecule has 1 aliphatic rings. The van der Waals surface area contributed by atoms with Crippen molar-refractivity contribution in [2.24, 2.45) is 5.92 Å². The van der Waals surface area contributed by atoms with E-state index in [-0.39, 0.29) is 17.7 Å². The molecule has 0 radical (unpaired) electrons. The first-order valence-electron chi connectivity index (χ1n) is 10.1. The van der Waals surface area contributed by atoms with E-state index in [2.05, 4.69) is 0 Å². The number of fused-ring (bicyclic) bond motifs is 1. The summed E-state index contributed by atoms with van der Waals surface area (Å²) in [6, 6.07) is 26.8. The van der Waals surface area contributed by atoms with Crippen LogP contribution in [-0.2, 0) is 4.79 Å².